The van der Waals surface area contributed by atoms with E-state index < -0.39 is 7.75 Å². The zero-order chi connectivity index (χ0) is 17.7. The minimum absolute atomic E-state index is 0.439. The smallest absolute Gasteiger partial charge is 0.400 e. The van der Waals surface area contributed by atoms with Gasteiger partial charge in [0.15, 0.2) is 0 Å². The van der Waals surface area contributed by atoms with Crippen LogP contribution in [0.3, 0.4) is 0 Å². The molecule has 0 saturated heterocycles. The normalized spacial score (nSPS) is 11.0. The van der Waals surface area contributed by atoms with Crippen molar-refractivity contribution in [3.63, 3.8) is 0 Å². The molecule has 25 heavy (non-hydrogen) atoms. The second-order valence-electron chi connectivity index (χ2n) is 5.38. The standard InChI is InChI=1S/C19H17ClNO3P/c1-15-12-13-16(20)14-19(15)21-25(22,23-17-8-4-2-5-9-17)24-18-10-6-3-7-11-18/h2-14H,1H3,(H,21,22). The number of hydrogen-bond donors (Lipinski definition) is 1. The highest BCUT2D eigenvalue weighted by atomic mass is 35.5. The molecule has 0 heterocycles. The van der Waals surface area contributed by atoms with Crippen LogP contribution in [0.4, 0.5) is 5.69 Å². The lowest BCUT2D eigenvalue weighted by Crippen LogP contribution is -2.10. The van der Waals surface area contributed by atoms with Crippen molar-refractivity contribution in [2.24, 2.45) is 0 Å². The van der Waals surface area contributed by atoms with Gasteiger partial charge in [0.1, 0.15) is 11.5 Å². The van der Waals surface area contributed by atoms with Crippen LogP contribution < -0.4 is 14.1 Å². The largest absolute Gasteiger partial charge is 0.541 e. The van der Waals surface area contributed by atoms with Crippen LogP contribution in [0.2, 0.25) is 5.02 Å². The lowest BCUT2D eigenvalue weighted by Gasteiger charge is -2.22. The van der Waals surface area contributed by atoms with E-state index in [-0.39, 0.29) is 0 Å². The zero-order valence-electron chi connectivity index (χ0n) is 13.6. The number of nitrogens with one attached hydrogen (secondary N) is 1. The number of benzene rings is 3. The molecule has 3 aromatic carbocycles. The highest BCUT2D eigenvalue weighted by Gasteiger charge is 2.29. The maximum absolute atomic E-state index is 13.4. The molecule has 1 N–H and O–H groups in total. The molecule has 0 aliphatic heterocycles. The molecule has 3 rings (SSSR count). The molecule has 3 aromatic rings. The van der Waals surface area contributed by atoms with Crippen LogP contribution in [0.25, 0.3) is 0 Å². The van der Waals surface area contributed by atoms with Gasteiger partial charge in [0, 0.05) is 10.7 Å². The summed E-state index contributed by atoms with van der Waals surface area (Å²) in [5.74, 6) is 0.878. The van der Waals surface area contributed by atoms with Crippen LogP contribution in [0.1, 0.15) is 5.56 Å². The van der Waals surface area contributed by atoms with Crippen molar-refractivity contribution < 1.29 is 13.6 Å². The Kier molecular flexibility index (Phi) is 5.32. The number of halogens is 1. The van der Waals surface area contributed by atoms with Crippen LogP contribution >= 0.6 is 19.3 Å². The molecule has 0 amide bonds. The molecule has 0 spiro atoms. The summed E-state index contributed by atoms with van der Waals surface area (Å²) < 4.78 is 24.8. The first-order chi connectivity index (χ1) is 12.0. The lowest BCUT2D eigenvalue weighted by atomic mass is 10.2. The fraction of sp³-hybridized carbons (Fsp3) is 0.0526. The van der Waals surface area contributed by atoms with Crippen molar-refractivity contribution >= 4 is 25.0 Å². The van der Waals surface area contributed by atoms with Gasteiger partial charge in [-0.15, -0.1) is 0 Å². The van der Waals surface area contributed by atoms with Gasteiger partial charge in [-0.05, 0) is 48.9 Å². The molecule has 6 heteroatoms. The molecule has 0 aromatic heterocycles. The number of anilines is 1. The fourth-order valence-electron chi connectivity index (χ4n) is 2.17. The third kappa shape index (κ3) is 4.79. The van der Waals surface area contributed by atoms with Crippen LogP contribution in [0.5, 0.6) is 11.5 Å². The van der Waals surface area contributed by atoms with E-state index >= 15 is 0 Å². The molecule has 4 nitrogen and oxygen atoms in total. The van der Waals surface area contributed by atoms with E-state index in [2.05, 4.69) is 5.09 Å². The number of rotatable bonds is 6. The Labute approximate surface area is 152 Å². The molecule has 0 aliphatic rings. The number of aryl methyl sites for hydroxylation is 1. The third-order valence-corrected chi connectivity index (χ3v) is 5.05. The van der Waals surface area contributed by atoms with Crippen molar-refractivity contribution in [1.29, 1.82) is 0 Å². The SMILES string of the molecule is Cc1ccc(Cl)cc1NP(=O)(Oc1ccccc1)Oc1ccccc1. The maximum atomic E-state index is 13.4. The van der Waals surface area contributed by atoms with Gasteiger partial charge < -0.3 is 9.05 Å². The second-order valence-corrected chi connectivity index (χ2v) is 7.40. The molecule has 0 aliphatic carbocycles. The Balaban J connectivity index is 1.93. The summed E-state index contributed by atoms with van der Waals surface area (Å²) in [6.45, 7) is 1.88. The first-order valence-electron chi connectivity index (χ1n) is 7.68. The highest BCUT2D eigenvalue weighted by molar-refractivity contribution is 7.56. The van der Waals surface area contributed by atoms with Crippen LogP contribution in [0, 0.1) is 6.92 Å². The fourth-order valence-corrected chi connectivity index (χ4v) is 3.80. The zero-order valence-corrected chi connectivity index (χ0v) is 15.2. The highest BCUT2D eigenvalue weighted by Crippen LogP contribution is 2.49. The average molecular weight is 374 g/mol. The first-order valence-corrected chi connectivity index (χ1v) is 9.60. The quantitative estimate of drug-likeness (QED) is 0.513. The molecule has 0 fully saturated rings. The maximum Gasteiger partial charge on any atom is 0.541 e. The summed E-state index contributed by atoms with van der Waals surface area (Å²) in [4.78, 5) is 0. The van der Waals surface area contributed by atoms with E-state index in [4.69, 9.17) is 20.6 Å². The van der Waals surface area contributed by atoms with Gasteiger partial charge in [0.2, 0.25) is 0 Å². The molecule has 0 atom stereocenters. The monoisotopic (exact) mass is 373 g/mol. The van der Waals surface area contributed by atoms with Crippen molar-refractivity contribution in [3.05, 3.63) is 89.4 Å². The Morgan fingerprint density at radius 1 is 0.840 bits per heavy atom. The Bertz CT molecular complexity index is 842. The summed E-state index contributed by atoms with van der Waals surface area (Å²) in [6, 6.07) is 23.0. The predicted molar refractivity (Wildman–Crippen MR) is 102 cm³/mol. The Morgan fingerprint density at radius 3 is 1.88 bits per heavy atom. The minimum Gasteiger partial charge on any atom is -0.400 e. The van der Waals surface area contributed by atoms with Gasteiger partial charge in [0.25, 0.3) is 0 Å². The third-order valence-electron chi connectivity index (χ3n) is 3.39. The molecule has 128 valence electrons. The van der Waals surface area contributed by atoms with Gasteiger partial charge in [-0.25, -0.2) is 4.57 Å². The van der Waals surface area contributed by atoms with Crippen molar-refractivity contribution in [2.75, 3.05) is 5.09 Å². The summed E-state index contributed by atoms with van der Waals surface area (Å²) in [7, 11) is -3.74. The molecule has 0 radical (unpaired) electrons. The van der Waals surface area contributed by atoms with Gasteiger partial charge in [-0.2, -0.15) is 0 Å². The molecule has 0 unspecified atom stereocenters. The molecule has 0 bridgehead atoms. The minimum atomic E-state index is -3.74. The number of hydrogen-bond acceptors (Lipinski definition) is 3. The Morgan fingerprint density at radius 2 is 1.36 bits per heavy atom. The molecular weight excluding hydrogens is 357 g/mol. The summed E-state index contributed by atoms with van der Waals surface area (Å²) in [5.41, 5.74) is 1.46. The van der Waals surface area contributed by atoms with Gasteiger partial charge in [-0.3, -0.25) is 5.09 Å². The van der Waals surface area contributed by atoms with Crippen LogP contribution in [-0.4, -0.2) is 0 Å². The van der Waals surface area contributed by atoms with E-state index in [1.54, 1.807) is 60.7 Å². The van der Waals surface area contributed by atoms with Gasteiger partial charge in [0.05, 0.1) is 0 Å². The van der Waals surface area contributed by atoms with Crippen molar-refractivity contribution in [1.82, 2.24) is 0 Å². The average Bonchev–Trinajstić information content (AvgIpc) is 2.59. The summed E-state index contributed by atoms with van der Waals surface area (Å²) in [6.07, 6.45) is 0. The summed E-state index contributed by atoms with van der Waals surface area (Å²) >= 11 is 6.05. The number of para-hydroxylation sites is 2. The van der Waals surface area contributed by atoms with Gasteiger partial charge >= 0.3 is 7.75 Å². The van der Waals surface area contributed by atoms with E-state index in [0.717, 1.165) is 5.56 Å². The van der Waals surface area contributed by atoms with Crippen molar-refractivity contribution in [3.8, 4) is 11.5 Å². The molecular formula is C19H17ClNO3P. The first kappa shape index (κ1) is 17.4. The Hall–Kier alpha value is -2.42. The van der Waals surface area contributed by atoms with E-state index in [1.165, 1.54) is 0 Å². The second kappa shape index (κ2) is 7.64. The van der Waals surface area contributed by atoms with Crippen LogP contribution in [-0.2, 0) is 4.57 Å². The summed E-state index contributed by atoms with van der Waals surface area (Å²) in [5, 5.41) is 3.42. The topological polar surface area (TPSA) is 47.6 Å². The molecule has 0 saturated carbocycles. The van der Waals surface area contributed by atoms with Gasteiger partial charge in [-0.1, -0.05) is 54.1 Å². The lowest BCUT2D eigenvalue weighted by molar-refractivity contribution is 0.393. The van der Waals surface area contributed by atoms with E-state index in [0.29, 0.717) is 22.2 Å². The van der Waals surface area contributed by atoms with Crippen molar-refractivity contribution in [2.45, 2.75) is 6.92 Å². The van der Waals surface area contributed by atoms with E-state index in [1.807, 2.05) is 25.1 Å². The van der Waals surface area contributed by atoms with Crippen LogP contribution in [0.15, 0.2) is 78.9 Å². The predicted octanol–water partition coefficient (Wildman–Crippen LogP) is 6.33. The van der Waals surface area contributed by atoms with E-state index in [9.17, 15) is 4.57 Å².